The third-order valence-corrected chi connectivity index (χ3v) is 5.42. The molecule has 0 aliphatic heterocycles. The molecule has 3 aromatic rings. The smallest absolute Gasteiger partial charge is 0.406 e. The summed E-state index contributed by atoms with van der Waals surface area (Å²) in [5, 5.41) is 5.33. The normalized spacial score (nSPS) is 12.1. The van der Waals surface area contributed by atoms with Gasteiger partial charge in [-0.25, -0.2) is 4.68 Å². The fraction of sp³-hybridized carbons (Fsp3) is 0.273. The fourth-order valence-corrected chi connectivity index (χ4v) is 3.47. The van der Waals surface area contributed by atoms with Gasteiger partial charge in [-0.05, 0) is 63.2 Å². The Morgan fingerprint density at radius 3 is 2.30 bits per heavy atom. The van der Waals surface area contributed by atoms with Gasteiger partial charge in [0, 0.05) is 16.1 Å². The number of aromatic nitrogens is 2. The molecule has 0 aliphatic carbocycles. The number of rotatable bonds is 7. The van der Waals surface area contributed by atoms with E-state index < -0.39 is 17.9 Å². The molecule has 0 unspecified atom stereocenters. The summed E-state index contributed by atoms with van der Waals surface area (Å²) in [4.78, 5) is 11.6. The summed E-state index contributed by atoms with van der Waals surface area (Å²) in [5.74, 6) is -0.993. The van der Waals surface area contributed by atoms with Gasteiger partial charge in [-0.2, -0.15) is 5.10 Å². The third-order valence-electron chi connectivity index (χ3n) is 4.88. The summed E-state index contributed by atoms with van der Waals surface area (Å²) in [6, 6.07) is 10.2. The van der Waals surface area contributed by atoms with E-state index >= 15 is 0 Å². The molecule has 176 valence electrons. The lowest BCUT2D eigenvalue weighted by Crippen LogP contribution is -2.40. The molecule has 3 rings (SSSR count). The number of halogens is 5. The van der Waals surface area contributed by atoms with Crippen molar-refractivity contribution in [1.29, 1.82) is 0 Å². The first-order valence-corrected chi connectivity index (χ1v) is 10.4. The van der Waals surface area contributed by atoms with Crippen LogP contribution in [0, 0.1) is 6.92 Å². The van der Waals surface area contributed by atoms with Crippen molar-refractivity contribution in [2.45, 2.75) is 39.3 Å². The minimum absolute atomic E-state index is 0.0394. The molecule has 0 aliphatic rings. The minimum atomic E-state index is -4.80. The number of hydrogen-bond donors (Lipinski definition) is 1. The van der Waals surface area contributed by atoms with Crippen LogP contribution in [0.25, 0.3) is 16.9 Å². The molecule has 0 radical (unpaired) electrons. The number of carbonyl (C=O) groups excluding carboxylic acids is 1. The Hall–Kier alpha value is -2.75. The van der Waals surface area contributed by atoms with Crippen molar-refractivity contribution in [3.8, 4) is 22.7 Å². The van der Waals surface area contributed by atoms with Gasteiger partial charge in [0.15, 0.2) is 0 Å². The fourth-order valence-electron chi connectivity index (χ4n) is 2.98. The van der Waals surface area contributed by atoms with Gasteiger partial charge in [-0.15, -0.1) is 13.2 Å². The van der Waals surface area contributed by atoms with Crippen LogP contribution in [0.1, 0.15) is 25.1 Å². The first kappa shape index (κ1) is 24.9. The van der Waals surface area contributed by atoms with E-state index in [-0.39, 0.29) is 12.4 Å². The topological polar surface area (TPSA) is 79.4 Å². The first-order chi connectivity index (χ1) is 15.3. The van der Waals surface area contributed by atoms with Crippen LogP contribution in [-0.4, -0.2) is 27.7 Å². The average Bonchev–Trinajstić information content (AvgIpc) is 3.02. The van der Waals surface area contributed by atoms with Crippen molar-refractivity contribution >= 4 is 29.1 Å². The highest BCUT2D eigenvalue weighted by atomic mass is 35.5. The van der Waals surface area contributed by atoms with Crippen molar-refractivity contribution in [1.82, 2.24) is 9.78 Å². The summed E-state index contributed by atoms with van der Waals surface area (Å²) >= 11 is 12.4. The van der Waals surface area contributed by atoms with Crippen LogP contribution in [0.5, 0.6) is 5.75 Å². The van der Waals surface area contributed by atoms with Gasteiger partial charge >= 0.3 is 6.36 Å². The maximum Gasteiger partial charge on any atom is 0.573 e. The molecule has 0 saturated heterocycles. The minimum Gasteiger partial charge on any atom is -0.406 e. The van der Waals surface area contributed by atoms with Crippen molar-refractivity contribution in [3.05, 3.63) is 63.8 Å². The molecule has 0 saturated carbocycles. The molecule has 1 amide bonds. The zero-order valence-electron chi connectivity index (χ0n) is 17.8. The van der Waals surface area contributed by atoms with Gasteiger partial charge in [0.2, 0.25) is 5.91 Å². The number of alkyl halides is 3. The zero-order valence-corrected chi connectivity index (χ0v) is 19.3. The van der Waals surface area contributed by atoms with Crippen LogP contribution in [0.4, 0.5) is 13.2 Å². The second kappa shape index (κ2) is 9.24. The summed E-state index contributed by atoms with van der Waals surface area (Å²) in [5.41, 5.74) is 6.91. The molecule has 11 heteroatoms. The maximum absolute atomic E-state index is 12.5. The van der Waals surface area contributed by atoms with E-state index in [0.29, 0.717) is 38.2 Å². The van der Waals surface area contributed by atoms with Crippen LogP contribution >= 0.6 is 23.2 Å². The van der Waals surface area contributed by atoms with Crippen molar-refractivity contribution < 1.29 is 27.4 Å². The molecule has 33 heavy (non-hydrogen) atoms. The lowest BCUT2D eigenvalue weighted by atomic mass is 10.1. The summed E-state index contributed by atoms with van der Waals surface area (Å²) in [6.07, 6.45) is -4.80. The second-order valence-electron chi connectivity index (χ2n) is 7.66. The van der Waals surface area contributed by atoms with E-state index in [1.165, 1.54) is 38.1 Å². The van der Waals surface area contributed by atoms with Gasteiger partial charge in [0.1, 0.15) is 11.4 Å². The van der Waals surface area contributed by atoms with E-state index in [9.17, 15) is 18.0 Å². The molecular formula is C22H20Cl2F3N3O3. The first-order valence-electron chi connectivity index (χ1n) is 9.62. The predicted octanol–water partition coefficient (Wildman–Crippen LogP) is 5.83. The Morgan fingerprint density at radius 1 is 1.12 bits per heavy atom. The van der Waals surface area contributed by atoms with Gasteiger partial charge < -0.3 is 15.2 Å². The lowest BCUT2D eigenvalue weighted by Gasteiger charge is -2.20. The van der Waals surface area contributed by atoms with E-state index in [0.717, 1.165) is 0 Å². The maximum atomic E-state index is 12.5. The Kier molecular flexibility index (Phi) is 6.97. The predicted molar refractivity (Wildman–Crippen MR) is 119 cm³/mol. The Morgan fingerprint density at radius 2 is 1.76 bits per heavy atom. The van der Waals surface area contributed by atoms with E-state index in [2.05, 4.69) is 9.84 Å². The number of benzene rings is 2. The van der Waals surface area contributed by atoms with E-state index in [1.54, 1.807) is 29.8 Å². The van der Waals surface area contributed by atoms with Crippen LogP contribution in [-0.2, 0) is 16.1 Å². The molecule has 1 heterocycles. The number of hydrogen-bond acceptors (Lipinski definition) is 4. The quantitative estimate of drug-likeness (QED) is 0.441. The highest BCUT2D eigenvalue weighted by molar-refractivity contribution is 6.35. The van der Waals surface area contributed by atoms with Gasteiger partial charge in [0.25, 0.3) is 0 Å². The number of primary amides is 1. The van der Waals surface area contributed by atoms with Crippen LogP contribution in [0.3, 0.4) is 0 Å². The molecule has 0 spiro atoms. The van der Waals surface area contributed by atoms with Gasteiger partial charge in [-0.1, -0.05) is 23.2 Å². The van der Waals surface area contributed by atoms with Crippen molar-refractivity contribution in [3.63, 3.8) is 0 Å². The molecule has 2 aromatic carbocycles. The second-order valence-corrected chi connectivity index (χ2v) is 8.51. The third kappa shape index (κ3) is 5.79. The van der Waals surface area contributed by atoms with Crippen LogP contribution in [0.15, 0.2) is 42.5 Å². The average molecular weight is 502 g/mol. The largest absolute Gasteiger partial charge is 0.573 e. The standard InChI is InChI=1S/C22H20Cl2F3N3O3/c1-12-17(11-32-21(2,3)20(28)31)29-30(18-9-6-14(23)10-16(18)24)19(12)13-4-7-15(8-5-13)33-22(25,26)27/h4-10H,11H2,1-3H3,(H2,28,31). The SMILES string of the molecule is Cc1c(COC(C)(C)C(N)=O)nn(-c2ccc(Cl)cc2Cl)c1-c1ccc(OC(F)(F)F)cc1. The Balaban J connectivity index is 2.09. The number of carbonyl (C=O) groups is 1. The highest BCUT2D eigenvalue weighted by Crippen LogP contribution is 2.34. The molecule has 0 atom stereocenters. The van der Waals surface area contributed by atoms with Crippen molar-refractivity contribution in [2.24, 2.45) is 5.73 Å². The molecule has 0 fully saturated rings. The lowest BCUT2D eigenvalue weighted by molar-refractivity contribution is -0.274. The van der Waals surface area contributed by atoms with E-state index in [4.69, 9.17) is 33.7 Å². The van der Waals surface area contributed by atoms with Crippen LogP contribution in [0.2, 0.25) is 10.0 Å². The molecule has 6 nitrogen and oxygen atoms in total. The Bertz CT molecular complexity index is 1180. The number of nitrogens with zero attached hydrogens (tertiary/aromatic N) is 2. The number of ether oxygens (including phenoxy) is 2. The molecular weight excluding hydrogens is 482 g/mol. The van der Waals surface area contributed by atoms with Crippen LogP contribution < -0.4 is 10.5 Å². The molecule has 2 N–H and O–H groups in total. The monoisotopic (exact) mass is 501 g/mol. The van der Waals surface area contributed by atoms with Gasteiger partial charge in [-0.3, -0.25) is 4.79 Å². The number of nitrogens with two attached hydrogens (primary N) is 1. The summed E-state index contributed by atoms with van der Waals surface area (Å²) < 4.78 is 48.7. The molecule has 0 bridgehead atoms. The summed E-state index contributed by atoms with van der Waals surface area (Å²) in [7, 11) is 0. The zero-order chi connectivity index (χ0) is 24.6. The number of amides is 1. The highest BCUT2D eigenvalue weighted by Gasteiger charge is 2.31. The summed E-state index contributed by atoms with van der Waals surface area (Å²) in [6.45, 7) is 4.82. The van der Waals surface area contributed by atoms with E-state index in [1.807, 2.05) is 0 Å². The van der Waals surface area contributed by atoms with Crippen molar-refractivity contribution in [2.75, 3.05) is 0 Å². The van der Waals surface area contributed by atoms with Gasteiger partial charge in [0.05, 0.1) is 28.7 Å². The Labute approximate surface area is 198 Å². The molecule has 1 aromatic heterocycles.